The predicted molar refractivity (Wildman–Crippen MR) is 88.7 cm³/mol. The van der Waals surface area contributed by atoms with Gasteiger partial charge in [-0.05, 0) is 25.8 Å². The van der Waals surface area contributed by atoms with Crippen molar-refractivity contribution < 1.29 is 18.0 Å². The molecule has 26 heavy (non-hydrogen) atoms. The number of carbonyl (C=O) groups excluding carboxylic acids is 1. The topological polar surface area (TPSA) is 69.9 Å². The Morgan fingerprint density at radius 1 is 1.31 bits per heavy atom. The number of aryl methyl sites for hydroxylation is 1. The molecule has 0 N–H and O–H groups in total. The summed E-state index contributed by atoms with van der Waals surface area (Å²) >= 11 is 1.64. The molecule has 0 aliphatic carbocycles. The standard InChI is InChI=1S/C17H15F3N4OS/c1-10-8-23-15(26-10)11-2-4-24(5-3-11)16(25)13-6-12(7-21)14(22-9-13)17(18,19)20/h6,8-9,11H,2-5H2,1H3. The van der Waals surface area contributed by atoms with Gasteiger partial charge in [0.1, 0.15) is 6.07 Å². The summed E-state index contributed by atoms with van der Waals surface area (Å²) in [5.41, 5.74) is -1.91. The number of hydrogen-bond acceptors (Lipinski definition) is 5. The summed E-state index contributed by atoms with van der Waals surface area (Å²) in [6.07, 6.45) is -0.510. The smallest absolute Gasteiger partial charge is 0.339 e. The number of amides is 1. The fourth-order valence-electron chi connectivity index (χ4n) is 2.97. The van der Waals surface area contributed by atoms with Gasteiger partial charge in [0.2, 0.25) is 0 Å². The zero-order valence-corrected chi connectivity index (χ0v) is 14.7. The van der Waals surface area contributed by atoms with E-state index in [1.807, 2.05) is 13.1 Å². The van der Waals surface area contributed by atoms with Crippen LogP contribution in [0, 0.1) is 18.3 Å². The zero-order chi connectivity index (χ0) is 18.9. The SMILES string of the molecule is Cc1cnc(C2CCN(C(=O)c3cnc(C(F)(F)F)c(C#N)c3)CC2)s1. The van der Waals surface area contributed by atoms with Crippen molar-refractivity contribution in [2.24, 2.45) is 0 Å². The van der Waals surface area contributed by atoms with E-state index >= 15 is 0 Å². The molecule has 0 spiro atoms. The maximum atomic E-state index is 12.8. The molecule has 0 aromatic carbocycles. The summed E-state index contributed by atoms with van der Waals surface area (Å²) in [6.45, 7) is 2.97. The van der Waals surface area contributed by atoms with E-state index in [0.717, 1.165) is 35.0 Å². The lowest BCUT2D eigenvalue weighted by molar-refractivity contribution is -0.141. The summed E-state index contributed by atoms with van der Waals surface area (Å²) in [6, 6.07) is 2.44. The average Bonchev–Trinajstić information content (AvgIpc) is 3.06. The van der Waals surface area contributed by atoms with Crippen molar-refractivity contribution >= 4 is 17.2 Å². The highest BCUT2D eigenvalue weighted by Crippen LogP contribution is 2.32. The first-order valence-corrected chi connectivity index (χ1v) is 8.80. The first-order chi connectivity index (χ1) is 12.3. The Morgan fingerprint density at radius 2 is 2.00 bits per heavy atom. The number of alkyl halides is 3. The van der Waals surface area contributed by atoms with Crippen LogP contribution in [-0.2, 0) is 6.18 Å². The third kappa shape index (κ3) is 3.70. The number of rotatable bonds is 2. The summed E-state index contributed by atoms with van der Waals surface area (Å²) in [5.74, 6) is -0.116. The monoisotopic (exact) mass is 380 g/mol. The van der Waals surface area contributed by atoms with E-state index in [1.165, 1.54) is 6.07 Å². The van der Waals surface area contributed by atoms with Gasteiger partial charge in [0.05, 0.1) is 16.1 Å². The van der Waals surface area contributed by atoms with Crippen LogP contribution in [0.3, 0.4) is 0 Å². The Hall–Kier alpha value is -2.47. The molecule has 0 atom stereocenters. The number of halogens is 3. The van der Waals surface area contributed by atoms with Gasteiger partial charge in [-0.1, -0.05) is 0 Å². The summed E-state index contributed by atoms with van der Waals surface area (Å²) in [5, 5.41) is 9.99. The molecule has 0 unspecified atom stereocenters. The third-order valence-corrected chi connectivity index (χ3v) is 5.37. The van der Waals surface area contributed by atoms with Gasteiger partial charge < -0.3 is 4.90 Å². The number of aromatic nitrogens is 2. The van der Waals surface area contributed by atoms with Gasteiger partial charge in [-0.3, -0.25) is 4.79 Å². The van der Waals surface area contributed by atoms with Gasteiger partial charge in [-0.2, -0.15) is 18.4 Å². The highest BCUT2D eigenvalue weighted by molar-refractivity contribution is 7.11. The predicted octanol–water partition coefficient (Wildman–Crippen LogP) is 3.76. The number of hydrogen-bond donors (Lipinski definition) is 0. The van der Waals surface area contributed by atoms with Crippen molar-refractivity contribution in [1.82, 2.24) is 14.9 Å². The normalized spacial score (nSPS) is 15.7. The highest BCUT2D eigenvalue weighted by atomic mass is 32.1. The van der Waals surface area contributed by atoms with Crippen molar-refractivity contribution in [3.8, 4) is 6.07 Å². The van der Waals surface area contributed by atoms with Gasteiger partial charge in [-0.25, -0.2) is 9.97 Å². The van der Waals surface area contributed by atoms with Gasteiger partial charge in [0.15, 0.2) is 5.69 Å². The second kappa shape index (κ2) is 7.03. The van der Waals surface area contributed by atoms with Crippen molar-refractivity contribution in [3.63, 3.8) is 0 Å². The molecule has 0 saturated carbocycles. The summed E-state index contributed by atoms with van der Waals surface area (Å²) in [4.78, 5) is 23.0. The fraction of sp³-hybridized carbons (Fsp3) is 0.412. The van der Waals surface area contributed by atoms with Crippen molar-refractivity contribution in [2.75, 3.05) is 13.1 Å². The number of carbonyl (C=O) groups is 1. The maximum absolute atomic E-state index is 12.8. The van der Waals surface area contributed by atoms with Crippen LogP contribution in [0.15, 0.2) is 18.5 Å². The molecule has 1 aliphatic rings. The van der Waals surface area contributed by atoms with Crippen molar-refractivity contribution in [1.29, 1.82) is 5.26 Å². The van der Waals surface area contributed by atoms with Crippen LogP contribution in [0.2, 0.25) is 0 Å². The first kappa shape index (κ1) is 18.3. The third-order valence-electron chi connectivity index (χ3n) is 4.29. The Morgan fingerprint density at radius 3 is 2.54 bits per heavy atom. The van der Waals surface area contributed by atoms with Crippen LogP contribution >= 0.6 is 11.3 Å². The Balaban J connectivity index is 1.72. The van der Waals surface area contributed by atoms with Crippen LogP contribution in [0.4, 0.5) is 13.2 Å². The lowest BCUT2D eigenvalue weighted by atomic mass is 9.97. The largest absolute Gasteiger partial charge is 0.434 e. The molecule has 1 aliphatic heterocycles. The maximum Gasteiger partial charge on any atom is 0.434 e. The molecular formula is C17H15F3N4OS. The van der Waals surface area contributed by atoms with Crippen molar-refractivity contribution in [3.05, 3.63) is 45.2 Å². The second-order valence-corrected chi connectivity index (χ2v) is 7.37. The number of piperidine rings is 1. The van der Waals surface area contributed by atoms with E-state index in [4.69, 9.17) is 5.26 Å². The molecule has 0 radical (unpaired) electrons. The van der Waals surface area contributed by atoms with Crippen molar-refractivity contribution in [2.45, 2.75) is 31.9 Å². The van der Waals surface area contributed by atoms with Crippen LogP contribution in [0.5, 0.6) is 0 Å². The minimum absolute atomic E-state index is 0.00177. The van der Waals surface area contributed by atoms with Crippen LogP contribution in [-0.4, -0.2) is 33.9 Å². The van der Waals surface area contributed by atoms with E-state index in [0.29, 0.717) is 13.1 Å². The molecule has 1 fully saturated rings. The average molecular weight is 380 g/mol. The van der Waals surface area contributed by atoms with E-state index in [1.54, 1.807) is 16.2 Å². The van der Waals surface area contributed by atoms with E-state index in [2.05, 4.69) is 9.97 Å². The fourth-order valence-corrected chi connectivity index (χ4v) is 3.91. The van der Waals surface area contributed by atoms with E-state index in [9.17, 15) is 18.0 Å². The van der Waals surface area contributed by atoms with Gasteiger partial charge in [-0.15, -0.1) is 11.3 Å². The molecular weight excluding hydrogens is 365 g/mol. The highest BCUT2D eigenvalue weighted by Gasteiger charge is 2.36. The quantitative estimate of drug-likeness (QED) is 0.796. The Labute approximate surface area is 152 Å². The number of nitrogens with zero attached hydrogens (tertiary/aromatic N) is 4. The molecule has 1 saturated heterocycles. The van der Waals surface area contributed by atoms with E-state index < -0.39 is 23.3 Å². The van der Waals surface area contributed by atoms with Crippen LogP contribution in [0.25, 0.3) is 0 Å². The summed E-state index contributed by atoms with van der Waals surface area (Å²) < 4.78 is 38.4. The molecule has 3 heterocycles. The minimum Gasteiger partial charge on any atom is -0.339 e. The lowest BCUT2D eigenvalue weighted by Crippen LogP contribution is -2.38. The number of nitriles is 1. The number of likely N-dealkylation sites (tertiary alicyclic amines) is 1. The number of thiazole rings is 1. The van der Waals surface area contributed by atoms with Gasteiger partial charge in [0, 0.05) is 36.3 Å². The second-order valence-electron chi connectivity index (χ2n) is 6.11. The first-order valence-electron chi connectivity index (χ1n) is 7.98. The van der Waals surface area contributed by atoms with Crippen LogP contribution in [0.1, 0.15) is 50.3 Å². The molecule has 9 heteroatoms. The summed E-state index contributed by atoms with van der Waals surface area (Å²) in [7, 11) is 0. The lowest BCUT2D eigenvalue weighted by Gasteiger charge is -2.31. The van der Waals surface area contributed by atoms with Gasteiger partial charge >= 0.3 is 6.18 Å². The molecule has 2 aromatic rings. The Bertz CT molecular complexity index is 864. The van der Waals surface area contributed by atoms with Crippen LogP contribution < -0.4 is 0 Å². The molecule has 5 nitrogen and oxygen atoms in total. The minimum atomic E-state index is -4.73. The molecule has 0 bridgehead atoms. The molecule has 136 valence electrons. The Kier molecular flexibility index (Phi) is 4.96. The van der Waals surface area contributed by atoms with Gasteiger partial charge in [0.25, 0.3) is 5.91 Å². The number of pyridine rings is 1. The molecule has 1 amide bonds. The molecule has 2 aromatic heterocycles. The molecule has 3 rings (SSSR count). The van der Waals surface area contributed by atoms with E-state index in [-0.39, 0.29) is 11.5 Å². The zero-order valence-electron chi connectivity index (χ0n) is 13.9.